The lowest BCUT2D eigenvalue weighted by molar-refractivity contribution is -0.0125. The Morgan fingerprint density at radius 1 is 1.44 bits per heavy atom. The molecule has 1 saturated carbocycles. The van der Waals surface area contributed by atoms with E-state index in [1.54, 1.807) is 0 Å². The van der Waals surface area contributed by atoms with Crippen LogP contribution < -0.4 is 0 Å². The average molecular weight is 127 g/mol. The first-order valence-electron chi connectivity index (χ1n) is 3.69. The quantitative estimate of drug-likeness (QED) is 0.509. The molecule has 2 aliphatic rings. The summed E-state index contributed by atoms with van der Waals surface area (Å²) in [5, 5.41) is 9.41. The molecule has 0 aromatic carbocycles. The van der Waals surface area contributed by atoms with Gasteiger partial charge in [0.1, 0.15) is 6.23 Å². The van der Waals surface area contributed by atoms with Gasteiger partial charge >= 0.3 is 0 Å². The summed E-state index contributed by atoms with van der Waals surface area (Å²) in [6, 6.07) is 0.699. The molecule has 3 atom stereocenters. The van der Waals surface area contributed by atoms with Crippen LogP contribution in [0.3, 0.4) is 0 Å². The molecule has 0 aromatic heterocycles. The van der Waals surface area contributed by atoms with E-state index in [1.807, 2.05) is 7.05 Å². The van der Waals surface area contributed by atoms with Gasteiger partial charge in [0.15, 0.2) is 0 Å². The Bertz CT molecular complexity index is 108. The van der Waals surface area contributed by atoms with Crippen molar-refractivity contribution in [2.24, 2.45) is 5.92 Å². The zero-order chi connectivity index (χ0) is 6.43. The summed E-state index contributed by atoms with van der Waals surface area (Å²) >= 11 is 0. The number of nitrogens with zero attached hydrogens (tertiary/aromatic N) is 1. The standard InChI is InChI=1S/C7H13NO/c1-8-6-3-2-5(4-6)7(8)9/h5-7,9H,2-4H2,1H3. The number of piperidine rings is 1. The fourth-order valence-corrected chi connectivity index (χ4v) is 2.18. The van der Waals surface area contributed by atoms with Crippen LogP contribution in [0.15, 0.2) is 0 Å². The highest BCUT2D eigenvalue weighted by Crippen LogP contribution is 2.39. The highest BCUT2D eigenvalue weighted by molar-refractivity contribution is 4.92. The molecular formula is C7H13NO. The van der Waals surface area contributed by atoms with Gasteiger partial charge in [-0.25, -0.2) is 0 Å². The molecule has 1 aliphatic carbocycles. The zero-order valence-corrected chi connectivity index (χ0v) is 5.75. The first kappa shape index (κ1) is 5.69. The first-order valence-corrected chi connectivity index (χ1v) is 3.69. The number of hydrogen-bond donors (Lipinski definition) is 1. The van der Waals surface area contributed by atoms with Crippen molar-refractivity contribution in [3.8, 4) is 0 Å². The van der Waals surface area contributed by atoms with Crippen molar-refractivity contribution in [2.45, 2.75) is 31.5 Å². The number of aliphatic hydroxyl groups is 1. The molecule has 0 radical (unpaired) electrons. The third-order valence-electron chi connectivity index (χ3n) is 2.86. The maximum Gasteiger partial charge on any atom is 0.110 e. The van der Waals surface area contributed by atoms with E-state index in [1.165, 1.54) is 19.3 Å². The summed E-state index contributed by atoms with van der Waals surface area (Å²) < 4.78 is 0. The molecule has 0 amide bonds. The molecule has 52 valence electrons. The number of hydrogen-bond acceptors (Lipinski definition) is 2. The summed E-state index contributed by atoms with van der Waals surface area (Å²) in [5.74, 6) is 0.597. The van der Waals surface area contributed by atoms with Crippen molar-refractivity contribution in [1.29, 1.82) is 0 Å². The van der Waals surface area contributed by atoms with Crippen LogP contribution in [0.1, 0.15) is 19.3 Å². The van der Waals surface area contributed by atoms with Gasteiger partial charge in [0, 0.05) is 12.0 Å². The van der Waals surface area contributed by atoms with Crippen LogP contribution in [-0.4, -0.2) is 29.3 Å². The molecule has 2 heteroatoms. The maximum atomic E-state index is 9.41. The van der Waals surface area contributed by atoms with Gasteiger partial charge in [-0.2, -0.15) is 0 Å². The monoisotopic (exact) mass is 127 g/mol. The first-order chi connectivity index (χ1) is 4.29. The highest BCUT2D eigenvalue weighted by Gasteiger charge is 2.42. The Balaban J connectivity index is 2.15. The van der Waals surface area contributed by atoms with E-state index in [-0.39, 0.29) is 6.23 Å². The van der Waals surface area contributed by atoms with E-state index in [2.05, 4.69) is 4.90 Å². The van der Waals surface area contributed by atoms with Crippen molar-refractivity contribution in [1.82, 2.24) is 4.90 Å². The molecule has 2 nitrogen and oxygen atoms in total. The lowest BCUT2D eigenvalue weighted by Crippen LogP contribution is -2.37. The second-order valence-corrected chi connectivity index (χ2v) is 3.31. The average Bonchev–Trinajstić information content (AvgIpc) is 2.37. The smallest absolute Gasteiger partial charge is 0.110 e. The molecule has 2 rings (SSSR count). The molecule has 0 aromatic rings. The lowest BCUT2D eigenvalue weighted by Gasteiger charge is -2.27. The fourth-order valence-electron chi connectivity index (χ4n) is 2.18. The molecule has 1 N–H and O–H groups in total. The molecular weight excluding hydrogens is 114 g/mol. The molecule has 1 heterocycles. The Morgan fingerprint density at radius 3 is 2.56 bits per heavy atom. The summed E-state index contributed by atoms with van der Waals surface area (Å²) in [7, 11) is 2.02. The van der Waals surface area contributed by atoms with Gasteiger partial charge in [-0.15, -0.1) is 0 Å². The van der Waals surface area contributed by atoms with Crippen LogP contribution in [-0.2, 0) is 0 Å². The second-order valence-electron chi connectivity index (χ2n) is 3.31. The molecule has 2 bridgehead atoms. The normalized spacial score (nSPS) is 50.7. The fraction of sp³-hybridized carbons (Fsp3) is 1.00. The van der Waals surface area contributed by atoms with Crippen LogP contribution in [0.25, 0.3) is 0 Å². The molecule has 0 spiro atoms. The van der Waals surface area contributed by atoms with Gasteiger partial charge in [0.2, 0.25) is 0 Å². The summed E-state index contributed by atoms with van der Waals surface area (Å²) in [4.78, 5) is 2.11. The molecule has 1 aliphatic heterocycles. The van der Waals surface area contributed by atoms with Gasteiger partial charge < -0.3 is 5.11 Å². The molecule has 1 saturated heterocycles. The van der Waals surface area contributed by atoms with Crippen LogP contribution in [0, 0.1) is 5.92 Å². The van der Waals surface area contributed by atoms with Gasteiger partial charge in [-0.1, -0.05) is 0 Å². The van der Waals surface area contributed by atoms with Crippen LogP contribution >= 0.6 is 0 Å². The summed E-state index contributed by atoms with van der Waals surface area (Å²) in [5.41, 5.74) is 0. The van der Waals surface area contributed by atoms with Gasteiger partial charge in [0.05, 0.1) is 0 Å². The highest BCUT2D eigenvalue weighted by atomic mass is 16.3. The van der Waals surface area contributed by atoms with Crippen LogP contribution in [0.4, 0.5) is 0 Å². The second kappa shape index (κ2) is 1.70. The lowest BCUT2D eigenvalue weighted by atomic mass is 10.1. The minimum Gasteiger partial charge on any atom is -0.378 e. The molecule has 9 heavy (non-hydrogen) atoms. The minimum absolute atomic E-state index is 0.122. The van der Waals surface area contributed by atoms with E-state index >= 15 is 0 Å². The number of likely N-dealkylation sites (tertiary alicyclic amines) is 1. The van der Waals surface area contributed by atoms with Crippen molar-refractivity contribution in [2.75, 3.05) is 7.05 Å². The molecule has 2 fully saturated rings. The van der Waals surface area contributed by atoms with Gasteiger partial charge in [-0.3, -0.25) is 4.90 Å². The Morgan fingerprint density at radius 2 is 2.22 bits per heavy atom. The summed E-state index contributed by atoms with van der Waals surface area (Å²) in [6.45, 7) is 0. The van der Waals surface area contributed by atoms with E-state index in [0.29, 0.717) is 12.0 Å². The van der Waals surface area contributed by atoms with E-state index in [4.69, 9.17) is 0 Å². The SMILES string of the molecule is CN1C2CCC(C2)C1O. The predicted molar refractivity (Wildman–Crippen MR) is 34.9 cm³/mol. The van der Waals surface area contributed by atoms with E-state index in [9.17, 15) is 5.11 Å². The summed E-state index contributed by atoms with van der Waals surface area (Å²) in [6.07, 6.45) is 3.66. The van der Waals surface area contributed by atoms with E-state index in [0.717, 1.165) is 0 Å². The van der Waals surface area contributed by atoms with Crippen LogP contribution in [0.2, 0.25) is 0 Å². The topological polar surface area (TPSA) is 23.5 Å². The predicted octanol–water partition coefficient (Wildman–Crippen LogP) is 0.419. The maximum absolute atomic E-state index is 9.41. The largest absolute Gasteiger partial charge is 0.378 e. The number of rotatable bonds is 0. The zero-order valence-electron chi connectivity index (χ0n) is 5.75. The van der Waals surface area contributed by atoms with E-state index < -0.39 is 0 Å². The third-order valence-corrected chi connectivity index (χ3v) is 2.86. The van der Waals surface area contributed by atoms with Crippen molar-refractivity contribution < 1.29 is 5.11 Å². The number of aliphatic hydroxyl groups excluding tert-OH is 1. The van der Waals surface area contributed by atoms with Crippen molar-refractivity contribution >= 4 is 0 Å². The van der Waals surface area contributed by atoms with Crippen molar-refractivity contribution in [3.63, 3.8) is 0 Å². The minimum atomic E-state index is -0.122. The Kier molecular flexibility index (Phi) is 1.08. The third kappa shape index (κ3) is 0.634. The Labute approximate surface area is 55.5 Å². The van der Waals surface area contributed by atoms with Crippen LogP contribution in [0.5, 0.6) is 0 Å². The molecule has 3 unspecified atom stereocenters. The Hall–Kier alpha value is -0.0800. The van der Waals surface area contributed by atoms with Gasteiger partial charge in [0.25, 0.3) is 0 Å². The number of fused-ring (bicyclic) bond motifs is 2. The van der Waals surface area contributed by atoms with Crippen molar-refractivity contribution in [3.05, 3.63) is 0 Å². The van der Waals surface area contributed by atoms with Gasteiger partial charge in [-0.05, 0) is 26.3 Å².